The predicted molar refractivity (Wildman–Crippen MR) is 190 cm³/mol. The van der Waals surface area contributed by atoms with E-state index in [0.717, 1.165) is 61.8 Å². The molecule has 0 spiro atoms. The summed E-state index contributed by atoms with van der Waals surface area (Å²) >= 11 is 0. The van der Waals surface area contributed by atoms with Crippen molar-refractivity contribution in [2.75, 3.05) is 21.3 Å². The van der Waals surface area contributed by atoms with Crippen molar-refractivity contribution in [1.82, 2.24) is 0 Å². The van der Waals surface area contributed by atoms with E-state index in [1.807, 2.05) is 66.7 Å². The van der Waals surface area contributed by atoms with Crippen molar-refractivity contribution in [2.45, 2.75) is 25.4 Å². The lowest BCUT2D eigenvalue weighted by atomic mass is 9.80. The maximum atomic E-state index is 7.12. The van der Waals surface area contributed by atoms with Crippen LogP contribution in [0.5, 0.6) is 17.2 Å². The molecule has 0 aliphatic carbocycles. The van der Waals surface area contributed by atoms with E-state index < -0.39 is 5.60 Å². The van der Waals surface area contributed by atoms with Crippen LogP contribution in [0.15, 0.2) is 152 Å². The number of benzene rings is 6. The average molecular weight is 637 g/mol. The van der Waals surface area contributed by atoms with Crippen LogP contribution in [-0.2, 0) is 34.9 Å². The summed E-state index contributed by atoms with van der Waals surface area (Å²) < 4.78 is 29.6. The number of ether oxygens (including phenoxy) is 5. The quantitative estimate of drug-likeness (QED) is 0.111. The Labute approximate surface area is 283 Å². The van der Waals surface area contributed by atoms with Crippen molar-refractivity contribution in [2.24, 2.45) is 0 Å². The molecule has 0 saturated heterocycles. The van der Waals surface area contributed by atoms with E-state index >= 15 is 0 Å². The molecule has 0 aliphatic rings. The Kier molecular flexibility index (Phi) is 10.5. The Bertz CT molecular complexity index is 1830. The first-order chi connectivity index (χ1) is 23.6. The van der Waals surface area contributed by atoms with Crippen LogP contribution in [0.25, 0.3) is 11.1 Å². The first-order valence-electron chi connectivity index (χ1n) is 16.0. The van der Waals surface area contributed by atoms with E-state index in [1.165, 1.54) is 0 Å². The topological polar surface area (TPSA) is 46.2 Å². The normalized spacial score (nSPS) is 11.2. The fourth-order valence-corrected chi connectivity index (χ4v) is 6.01. The molecule has 0 bridgehead atoms. The largest absolute Gasteiger partial charge is 0.497 e. The lowest BCUT2D eigenvalue weighted by Crippen LogP contribution is -2.32. The van der Waals surface area contributed by atoms with E-state index in [9.17, 15) is 0 Å². The smallest absolute Gasteiger partial charge is 0.144 e. The standard InChI is InChI=1S/C43H40O5/c1-44-30-35-11-7-8-12-36(35)31-47-42-22-16-33(17-23-42)34-13-9-10-32(28-34)29-48-43(37-14-5-4-6-15-37,38-18-24-40(45-2)25-19-38)39-20-26-41(46-3)27-21-39/h4-28H,29-31H2,1-3H3. The van der Waals surface area contributed by atoms with Gasteiger partial charge in [0.25, 0.3) is 0 Å². The second kappa shape index (κ2) is 15.5. The molecule has 0 radical (unpaired) electrons. The number of hydrogen-bond acceptors (Lipinski definition) is 5. The fourth-order valence-electron chi connectivity index (χ4n) is 6.01. The Hall–Kier alpha value is -5.36. The van der Waals surface area contributed by atoms with Crippen molar-refractivity contribution in [1.29, 1.82) is 0 Å². The van der Waals surface area contributed by atoms with Crippen molar-refractivity contribution in [3.05, 3.63) is 185 Å². The molecule has 48 heavy (non-hydrogen) atoms. The van der Waals surface area contributed by atoms with E-state index in [-0.39, 0.29) is 0 Å². The van der Waals surface area contributed by atoms with Gasteiger partial charge in [-0.3, -0.25) is 0 Å². The fraction of sp³-hybridized carbons (Fsp3) is 0.163. The van der Waals surface area contributed by atoms with E-state index in [0.29, 0.717) is 19.8 Å². The zero-order valence-corrected chi connectivity index (χ0v) is 27.6. The molecule has 5 heteroatoms. The lowest BCUT2D eigenvalue weighted by Gasteiger charge is -2.36. The third-order valence-corrected chi connectivity index (χ3v) is 8.56. The van der Waals surface area contributed by atoms with Crippen LogP contribution < -0.4 is 14.2 Å². The summed E-state index contributed by atoms with van der Waals surface area (Å²) in [4.78, 5) is 0. The lowest BCUT2D eigenvalue weighted by molar-refractivity contribution is 0.000209. The van der Waals surface area contributed by atoms with Crippen molar-refractivity contribution < 1.29 is 23.7 Å². The minimum atomic E-state index is -0.892. The molecule has 0 atom stereocenters. The molecular formula is C43H40O5. The van der Waals surface area contributed by atoms with Gasteiger partial charge >= 0.3 is 0 Å². The molecule has 242 valence electrons. The predicted octanol–water partition coefficient (Wildman–Crippen LogP) is 9.60. The maximum absolute atomic E-state index is 7.12. The van der Waals surface area contributed by atoms with Gasteiger partial charge in [0.1, 0.15) is 29.5 Å². The van der Waals surface area contributed by atoms with Crippen LogP contribution in [0.1, 0.15) is 33.4 Å². The second-order valence-electron chi connectivity index (χ2n) is 11.5. The van der Waals surface area contributed by atoms with Gasteiger partial charge in [-0.1, -0.05) is 109 Å². The third-order valence-electron chi connectivity index (χ3n) is 8.56. The Morgan fingerprint density at radius 1 is 0.438 bits per heavy atom. The number of rotatable bonds is 14. The summed E-state index contributed by atoms with van der Waals surface area (Å²) in [6.45, 7) is 1.42. The monoisotopic (exact) mass is 636 g/mol. The summed E-state index contributed by atoms with van der Waals surface area (Å²) in [6.07, 6.45) is 0. The highest BCUT2D eigenvalue weighted by molar-refractivity contribution is 5.65. The van der Waals surface area contributed by atoms with Crippen molar-refractivity contribution in [3.63, 3.8) is 0 Å². The molecule has 0 amide bonds. The van der Waals surface area contributed by atoms with Gasteiger partial charge in [0, 0.05) is 7.11 Å². The van der Waals surface area contributed by atoms with Gasteiger partial charge in [-0.2, -0.15) is 0 Å². The first kappa shape index (κ1) is 32.6. The molecule has 0 N–H and O–H groups in total. The molecule has 0 aromatic heterocycles. The van der Waals surface area contributed by atoms with Gasteiger partial charge in [-0.05, 0) is 87.0 Å². The van der Waals surface area contributed by atoms with Crippen LogP contribution >= 0.6 is 0 Å². The van der Waals surface area contributed by atoms with Crippen LogP contribution in [0.4, 0.5) is 0 Å². The molecule has 0 aliphatic heterocycles. The minimum absolute atomic E-state index is 0.378. The highest BCUT2D eigenvalue weighted by Gasteiger charge is 2.38. The van der Waals surface area contributed by atoms with Crippen molar-refractivity contribution >= 4 is 0 Å². The highest BCUT2D eigenvalue weighted by Crippen LogP contribution is 2.42. The van der Waals surface area contributed by atoms with Gasteiger partial charge in [0.15, 0.2) is 0 Å². The molecule has 0 fully saturated rings. The molecule has 6 aromatic rings. The SMILES string of the molecule is COCc1ccccc1COc1ccc(-c2cccc(COC(c3ccccc3)(c3ccc(OC)cc3)c3ccc(OC)cc3)c2)cc1. The van der Waals surface area contributed by atoms with E-state index in [4.69, 9.17) is 23.7 Å². The third kappa shape index (κ3) is 7.28. The molecule has 0 heterocycles. The highest BCUT2D eigenvalue weighted by atomic mass is 16.5. The average Bonchev–Trinajstić information content (AvgIpc) is 3.16. The molecule has 5 nitrogen and oxygen atoms in total. The number of hydrogen-bond donors (Lipinski definition) is 0. The summed E-state index contributed by atoms with van der Waals surface area (Å²) in [5.74, 6) is 2.39. The summed E-state index contributed by atoms with van der Waals surface area (Å²) in [6, 6.07) is 51.5. The van der Waals surface area contributed by atoms with E-state index in [2.05, 4.69) is 84.9 Å². The molecule has 6 aromatic carbocycles. The van der Waals surface area contributed by atoms with Crippen molar-refractivity contribution in [3.8, 4) is 28.4 Å². The summed E-state index contributed by atoms with van der Waals surface area (Å²) in [5.41, 5.74) is 7.64. The van der Waals surface area contributed by atoms with Crippen LogP contribution in [0.2, 0.25) is 0 Å². The van der Waals surface area contributed by atoms with Gasteiger partial charge in [-0.25, -0.2) is 0 Å². The summed E-state index contributed by atoms with van der Waals surface area (Å²) in [5, 5.41) is 0. The van der Waals surface area contributed by atoms with Crippen LogP contribution in [0, 0.1) is 0 Å². The van der Waals surface area contributed by atoms with Gasteiger partial charge in [0.2, 0.25) is 0 Å². The second-order valence-corrected chi connectivity index (χ2v) is 11.5. The Balaban J connectivity index is 1.27. The van der Waals surface area contributed by atoms with Gasteiger partial charge in [-0.15, -0.1) is 0 Å². The van der Waals surface area contributed by atoms with E-state index in [1.54, 1.807) is 21.3 Å². The molecular weight excluding hydrogens is 596 g/mol. The van der Waals surface area contributed by atoms with Gasteiger partial charge < -0.3 is 23.7 Å². The minimum Gasteiger partial charge on any atom is -0.497 e. The van der Waals surface area contributed by atoms with Crippen LogP contribution in [-0.4, -0.2) is 21.3 Å². The number of methoxy groups -OCH3 is 3. The Morgan fingerprint density at radius 3 is 1.56 bits per heavy atom. The zero-order valence-electron chi connectivity index (χ0n) is 27.6. The molecule has 0 unspecified atom stereocenters. The van der Waals surface area contributed by atoms with Gasteiger partial charge in [0.05, 0.1) is 27.4 Å². The first-order valence-corrected chi connectivity index (χ1v) is 16.0. The molecule has 0 saturated carbocycles. The zero-order chi connectivity index (χ0) is 33.2. The maximum Gasteiger partial charge on any atom is 0.144 e. The molecule has 6 rings (SSSR count). The summed E-state index contributed by atoms with van der Waals surface area (Å²) in [7, 11) is 5.06. The Morgan fingerprint density at radius 2 is 0.979 bits per heavy atom. The van der Waals surface area contributed by atoms with Crippen LogP contribution in [0.3, 0.4) is 0 Å².